The zero-order valence-corrected chi connectivity index (χ0v) is 28.8. The van der Waals surface area contributed by atoms with Crippen molar-refractivity contribution in [1.82, 2.24) is 5.32 Å². The van der Waals surface area contributed by atoms with E-state index in [-0.39, 0.29) is 19.1 Å². The van der Waals surface area contributed by atoms with Crippen LogP contribution in [0.3, 0.4) is 0 Å². The zero-order valence-electron chi connectivity index (χ0n) is 27.9. The number of unbranched alkanes of at least 4 members (excludes halogenated alkanes) is 7. The van der Waals surface area contributed by atoms with Crippen LogP contribution in [0.1, 0.15) is 110 Å². The van der Waals surface area contributed by atoms with Crippen LogP contribution >= 0.6 is 7.82 Å². The van der Waals surface area contributed by atoms with Gasteiger partial charge in [-0.15, -0.1) is 0 Å². The molecule has 0 aliphatic rings. The summed E-state index contributed by atoms with van der Waals surface area (Å²) >= 11 is 0. The van der Waals surface area contributed by atoms with E-state index in [1.54, 1.807) is 0 Å². The van der Waals surface area contributed by atoms with Gasteiger partial charge in [-0.25, -0.2) is 4.57 Å². The van der Waals surface area contributed by atoms with Gasteiger partial charge in [-0.05, 0) is 51.4 Å². The molecule has 0 spiro atoms. The van der Waals surface area contributed by atoms with Crippen LogP contribution in [0.4, 0.5) is 0 Å². The number of likely N-dealkylation sites (N-methyl/N-ethyl adjacent to an activating group) is 1. The lowest BCUT2D eigenvalue weighted by atomic mass is 10.0. The molecule has 0 saturated heterocycles. The molecule has 0 rings (SSSR count). The average Bonchev–Trinajstić information content (AvgIpc) is 2.94. The standard InChI is InChI=1S/C34H63N2O6P/c1-6-8-10-12-14-15-16-17-18-19-20-21-22-24-26-28-34(38)35-32(33(37)27-25-23-13-11-9-7-2)31-42-43(39,40)41-30-29-36(3,4)5/h8,10,14-15,17-18,20-21,32-33,37H,6-7,9,11-13,16,19,22-31H2,1-5H3,(H-,35,38,39,40)/p+1/b10-8-,15-14-,18-17-,21-20-. The van der Waals surface area contributed by atoms with Crippen molar-refractivity contribution in [3.8, 4) is 0 Å². The lowest BCUT2D eigenvalue weighted by molar-refractivity contribution is -0.870. The van der Waals surface area contributed by atoms with E-state index >= 15 is 0 Å². The first-order valence-electron chi connectivity index (χ1n) is 16.5. The number of aliphatic hydroxyl groups is 1. The summed E-state index contributed by atoms with van der Waals surface area (Å²) in [5, 5.41) is 13.7. The van der Waals surface area contributed by atoms with Gasteiger partial charge < -0.3 is 19.8 Å². The summed E-state index contributed by atoms with van der Waals surface area (Å²) in [4.78, 5) is 22.8. The number of nitrogens with one attached hydrogen (secondary N) is 1. The number of amides is 1. The number of rotatable bonds is 28. The first-order chi connectivity index (χ1) is 20.5. The molecule has 0 aliphatic carbocycles. The Morgan fingerprint density at radius 1 is 0.814 bits per heavy atom. The van der Waals surface area contributed by atoms with Crippen molar-refractivity contribution in [3.63, 3.8) is 0 Å². The minimum atomic E-state index is -4.30. The summed E-state index contributed by atoms with van der Waals surface area (Å²) in [5.74, 6) is -0.195. The van der Waals surface area contributed by atoms with Crippen LogP contribution in [0.5, 0.6) is 0 Å². The lowest BCUT2D eigenvalue weighted by Crippen LogP contribution is -2.46. The second kappa shape index (κ2) is 26.8. The molecule has 0 saturated carbocycles. The van der Waals surface area contributed by atoms with Gasteiger partial charge in [0.25, 0.3) is 0 Å². The SMILES string of the molecule is CC/C=C\C/C=C\C/C=C\C/C=C\CCCCC(=O)NC(COP(=O)(O)OCC[N+](C)(C)C)C(O)CCCCCCCC. The third-order valence-corrected chi connectivity index (χ3v) is 7.83. The van der Waals surface area contributed by atoms with Gasteiger partial charge >= 0.3 is 7.82 Å². The molecule has 0 aromatic carbocycles. The quantitative estimate of drug-likeness (QED) is 0.0354. The molecule has 0 aliphatic heterocycles. The fraction of sp³-hybridized carbons (Fsp3) is 0.735. The summed E-state index contributed by atoms with van der Waals surface area (Å²) in [6.07, 6.45) is 30.2. The van der Waals surface area contributed by atoms with Crippen LogP contribution in [-0.4, -0.2) is 73.4 Å². The number of hydrogen-bond acceptors (Lipinski definition) is 5. The Morgan fingerprint density at radius 2 is 1.40 bits per heavy atom. The van der Waals surface area contributed by atoms with Crippen LogP contribution in [0.25, 0.3) is 0 Å². The van der Waals surface area contributed by atoms with Crippen LogP contribution < -0.4 is 5.32 Å². The van der Waals surface area contributed by atoms with Gasteiger partial charge in [0.05, 0.1) is 39.9 Å². The van der Waals surface area contributed by atoms with Gasteiger partial charge in [-0.3, -0.25) is 13.8 Å². The molecule has 43 heavy (non-hydrogen) atoms. The summed E-state index contributed by atoms with van der Waals surface area (Å²) in [7, 11) is 1.57. The molecule has 0 radical (unpaired) electrons. The Labute approximate surface area is 263 Å². The Hall–Kier alpha value is -1.54. The zero-order chi connectivity index (χ0) is 32.2. The average molecular weight is 628 g/mol. The minimum absolute atomic E-state index is 0.0634. The van der Waals surface area contributed by atoms with Crippen molar-refractivity contribution in [2.45, 2.75) is 122 Å². The van der Waals surface area contributed by atoms with Gasteiger partial charge in [-0.2, -0.15) is 0 Å². The third kappa shape index (κ3) is 29.0. The van der Waals surface area contributed by atoms with E-state index in [1.165, 1.54) is 19.3 Å². The number of allylic oxidation sites excluding steroid dienone is 8. The van der Waals surface area contributed by atoms with E-state index in [0.29, 0.717) is 23.9 Å². The largest absolute Gasteiger partial charge is 0.472 e. The van der Waals surface area contributed by atoms with E-state index in [4.69, 9.17) is 9.05 Å². The molecule has 9 heteroatoms. The van der Waals surface area contributed by atoms with Gasteiger partial charge in [-0.1, -0.05) is 101 Å². The lowest BCUT2D eigenvalue weighted by Gasteiger charge is -2.26. The maximum Gasteiger partial charge on any atom is 0.472 e. The van der Waals surface area contributed by atoms with Crippen molar-refractivity contribution in [1.29, 1.82) is 0 Å². The van der Waals surface area contributed by atoms with Crippen molar-refractivity contribution in [2.75, 3.05) is 40.9 Å². The van der Waals surface area contributed by atoms with Crippen LogP contribution in [0.2, 0.25) is 0 Å². The number of aliphatic hydroxyl groups excluding tert-OH is 1. The van der Waals surface area contributed by atoms with Crippen LogP contribution in [0, 0.1) is 0 Å². The fourth-order valence-corrected chi connectivity index (χ4v) is 4.89. The summed E-state index contributed by atoms with van der Waals surface area (Å²) in [6.45, 7) is 4.62. The molecule has 8 nitrogen and oxygen atoms in total. The molecule has 3 N–H and O–H groups in total. The monoisotopic (exact) mass is 627 g/mol. The van der Waals surface area contributed by atoms with E-state index < -0.39 is 20.0 Å². The van der Waals surface area contributed by atoms with Crippen LogP contribution in [-0.2, 0) is 18.4 Å². The first kappa shape index (κ1) is 41.5. The predicted octanol–water partition coefficient (Wildman–Crippen LogP) is 7.79. The number of phosphoric acid groups is 1. The number of phosphoric ester groups is 1. The number of hydrogen-bond donors (Lipinski definition) is 3. The Kier molecular flexibility index (Phi) is 25.9. The summed E-state index contributed by atoms with van der Waals surface area (Å²) in [5.41, 5.74) is 0. The highest BCUT2D eigenvalue weighted by Gasteiger charge is 2.28. The van der Waals surface area contributed by atoms with Gasteiger partial charge in [0, 0.05) is 6.42 Å². The smallest absolute Gasteiger partial charge is 0.391 e. The molecule has 250 valence electrons. The second-order valence-electron chi connectivity index (χ2n) is 12.2. The molecule has 3 atom stereocenters. The van der Waals surface area contributed by atoms with Gasteiger partial charge in [0.15, 0.2) is 0 Å². The van der Waals surface area contributed by atoms with Crippen molar-refractivity contribution < 1.29 is 32.9 Å². The molecule has 0 aromatic heterocycles. The topological polar surface area (TPSA) is 105 Å². The number of carbonyl (C=O) groups excluding carboxylic acids is 1. The number of nitrogens with zero attached hydrogens (tertiary/aromatic N) is 1. The van der Waals surface area contributed by atoms with E-state index in [9.17, 15) is 19.4 Å². The summed E-state index contributed by atoms with van der Waals surface area (Å²) in [6, 6.07) is -0.778. The highest BCUT2D eigenvalue weighted by atomic mass is 31.2. The molecular weight excluding hydrogens is 563 g/mol. The Bertz CT molecular complexity index is 850. The molecule has 1 amide bonds. The third-order valence-electron chi connectivity index (χ3n) is 6.84. The van der Waals surface area contributed by atoms with Gasteiger partial charge in [0.1, 0.15) is 13.2 Å². The van der Waals surface area contributed by atoms with Gasteiger partial charge in [0.2, 0.25) is 5.91 Å². The van der Waals surface area contributed by atoms with Crippen molar-refractivity contribution >= 4 is 13.7 Å². The fourth-order valence-electron chi connectivity index (χ4n) is 4.15. The second-order valence-corrected chi connectivity index (χ2v) is 13.6. The van der Waals surface area contributed by atoms with E-state index in [2.05, 4.69) is 67.8 Å². The maximum absolute atomic E-state index is 12.7. The van der Waals surface area contributed by atoms with E-state index in [0.717, 1.165) is 64.2 Å². The Balaban J connectivity index is 4.54. The van der Waals surface area contributed by atoms with E-state index in [1.807, 2.05) is 21.1 Å². The predicted molar refractivity (Wildman–Crippen MR) is 180 cm³/mol. The molecule has 0 fully saturated rings. The molecule has 0 heterocycles. The minimum Gasteiger partial charge on any atom is -0.391 e. The highest BCUT2D eigenvalue weighted by molar-refractivity contribution is 7.47. The molecule has 3 unspecified atom stereocenters. The number of carbonyl (C=O) groups is 1. The van der Waals surface area contributed by atoms with Crippen molar-refractivity contribution in [2.24, 2.45) is 0 Å². The highest BCUT2D eigenvalue weighted by Crippen LogP contribution is 2.43. The normalized spacial score (nSPS) is 15.6. The van der Waals surface area contributed by atoms with Crippen LogP contribution in [0.15, 0.2) is 48.6 Å². The molecular formula is C34H64N2O6P+. The maximum atomic E-state index is 12.7. The molecule has 0 aromatic rings. The summed E-state index contributed by atoms with van der Waals surface area (Å²) < 4.78 is 23.3. The molecule has 0 bridgehead atoms. The first-order valence-corrected chi connectivity index (χ1v) is 18.0. The number of quaternary nitrogens is 1. The van der Waals surface area contributed by atoms with Crippen molar-refractivity contribution in [3.05, 3.63) is 48.6 Å². The Morgan fingerprint density at radius 3 is 2.00 bits per heavy atom.